The number of hydrogen-bond donors (Lipinski definition) is 5. The molecule has 3 heterocycles. The van der Waals surface area contributed by atoms with Gasteiger partial charge in [-0.15, -0.1) is 0 Å². The summed E-state index contributed by atoms with van der Waals surface area (Å²) in [5.74, 6) is -1.61. The van der Waals surface area contributed by atoms with Gasteiger partial charge in [0.05, 0.1) is 41.9 Å². The molecule has 1 amide bonds. The number of hydrogen-bond acceptors (Lipinski definition) is 12. The Morgan fingerprint density at radius 3 is 2.47 bits per heavy atom. The molecule has 1 saturated heterocycles. The fourth-order valence-corrected chi connectivity index (χ4v) is 7.35. The van der Waals surface area contributed by atoms with Gasteiger partial charge >= 0.3 is 0 Å². The Kier molecular flexibility index (Phi) is 11.5. The molecular formula is C26H37F4N7O6S2. The second-order valence-corrected chi connectivity index (χ2v) is 14.3. The highest BCUT2D eigenvalue weighted by Gasteiger charge is 2.41. The predicted molar refractivity (Wildman–Crippen MR) is 156 cm³/mol. The quantitative estimate of drug-likeness (QED) is 0.105. The minimum absolute atomic E-state index is 0.0121. The number of pyridine rings is 1. The van der Waals surface area contributed by atoms with Gasteiger partial charge in [-0.3, -0.25) is 4.79 Å². The molecule has 252 valence electrons. The molecule has 13 nitrogen and oxygen atoms in total. The molecule has 0 spiro atoms. The Bertz CT molecular complexity index is 1410. The van der Waals surface area contributed by atoms with Gasteiger partial charge in [0.15, 0.2) is 5.03 Å². The number of nitrogens with one attached hydrogen (secondary N) is 3. The number of thioether (sulfide) groups is 1. The zero-order valence-electron chi connectivity index (χ0n) is 24.6. The minimum Gasteiger partial charge on any atom is -0.388 e. The first-order chi connectivity index (χ1) is 21.2. The van der Waals surface area contributed by atoms with Crippen molar-refractivity contribution in [3.05, 3.63) is 18.0 Å². The molecule has 19 heteroatoms. The number of rotatable bonds is 15. The topological polar surface area (TPSA) is 183 Å². The van der Waals surface area contributed by atoms with E-state index in [-0.39, 0.29) is 33.0 Å². The maximum atomic E-state index is 13.2. The van der Waals surface area contributed by atoms with E-state index in [1.165, 1.54) is 6.07 Å². The number of aliphatic hydroxyl groups excluding tert-OH is 1. The number of sulfonamides is 1. The third-order valence-corrected chi connectivity index (χ3v) is 10.2. The molecule has 4 rings (SSSR count). The highest BCUT2D eigenvalue weighted by molar-refractivity contribution is 7.99. The molecule has 0 radical (unpaired) electrons. The molecule has 0 bridgehead atoms. The average molecular weight is 684 g/mol. The SMILES string of the molecule is CC(C)(O)[C@@H]1CCN1c1cc(N[C@@H](O)[C@@H](NC(=O)c2nonc2SCC(F)F)C2CCCCC2)ncc1S(=O)(=O)NCC(F)F. The van der Waals surface area contributed by atoms with Crippen LogP contribution >= 0.6 is 11.8 Å². The fourth-order valence-electron chi connectivity index (χ4n) is 5.57. The number of amides is 1. The molecule has 2 fully saturated rings. The van der Waals surface area contributed by atoms with Crippen LogP contribution < -0.4 is 20.3 Å². The van der Waals surface area contributed by atoms with Crippen molar-refractivity contribution >= 4 is 39.2 Å². The molecule has 2 aromatic heterocycles. The van der Waals surface area contributed by atoms with Gasteiger partial charge in [0.2, 0.25) is 22.1 Å². The van der Waals surface area contributed by atoms with Gasteiger partial charge in [0.1, 0.15) is 16.9 Å². The molecule has 0 aromatic carbocycles. The number of nitrogens with zero attached hydrogens (tertiary/aromatic N) is 4. The summed E-state index contributed by atoms with van der Waals surface area (Å²) in [6.45, 7) is 2.38. The third kappa shape index (κ3) is 8.96. The molecule has 0 unspecified atom stereocenters. The van der Waals surface area contributed by atoms with Crippen molar-refractivity contribution in [3.63, 3.8) is 0 Å². The van der Waals surface area contributed by atoms with E-state index in [9.17, 15) is 41.0 Å². The summed E-state index contributed by atoms with van der Waals surface area (Å²) in [6, 6.07) is -0.0838. The number of carbonyl (C=O) groups excluding carboxylic acids is 1. The lowest BCUT2D eigenvalue weighted by atomic mass is 9.83. The summed E-state index contributed by atoms with van der Waals surface area (Å²) in [5.41, 5.74) is -1.46. The molecule has 1 aliphatic carbocycles. The van der Waals surface area contributed by atoms with Crippen molar-refractivity contribution in [2.75, 3.05) is 29.1 Å². The van der Waals surface area contributed by atoms with Crippen LogP contribution in [0.25, 0.3) is 0 Å². The van der Waals surface area contributed by atoms with Crippen molar-refractivity contribution < 1.29 is 45.6 Å². The normalized spacial score (nSPS) is 19.4. The molecule has 2 aliphatic rings. The largest absolute Gasteiger partial charge is 0.388 e. The molecule has 3 atom stereocenters. The van der Waals surface area contributed by atoms with Gasteiger partial charge in [0.25, 0.3) is 12.3 Å². The number of anilines is 2. The van der Waals surface area contributed by atoms with E-state index in [1.807, 2.05) is 4.72 Å². The minimum atomic E-state index is -4.44. The van der Waals surface area contributed by atoms with Crippen molar-refractivity contribution in [1.29, 1.82) is 0 Å². The van der Waals surface area contributed by atoms with Gasteiger partial charge in [-0.05, 0) is 49.3 Å². The monoisotopic (exact) mass is 683 g/mol. The summed E-state index contributed by atoms with van der Waals surface area (Å²) in [6.07, 6.45) is -1.54. The number of aliphatic hydroxyl groups is 2. The van der Waals surface area contributed by atoms with Gasteiger partial charge < -0.3 is 25.7 Å². The second kappa shape index (κ2) is 14.8. The van der Waals surface area contributed by atoms with E-state index in [2.05, 4.69) is 30.6 Å². The van der Waals surface area contributed by atoms with Crippen LogP contribution in [0.3, 0.4) is 0 Å². The van der Waals surface area contributed by atoms with E-state index in [1.54, 1.807) is 18.7 Å². The Labute approximate surface area is 261 Å². The van der Waals surface area contributed by atoms with Crippen LogP contribution in [0.1, 0.15) is 62.9 Å². The van der Waals surface area contributed by atoms with Crippen molar-refractivity contribution in [3.8, 4) is 0 Å². The Hall–Kier alpha value is -2.74. The zero-order chi connectivity index (χ0) is 32.9. The van der Waals surface area contributed by atoms with Crippen LogP contribution in [-0.4, -0.2) is 95.4 Å². The number of halogens is 4. The van der Waals surface area contributed by atoms with Crippen molar-refractivity contribution in [2.45, 2.75) is 99.1 Å². The fraction of sp³-hybridized carbons (Fsp3) is 0.692. The lowest BCUT2D eigenvalue weighted by Crippen LogP contribution is -2.59. The van der Waals surface area contributed by atoms with Gasteiger partial charge in [0, 0.05) is 12.6 Å². The van der Waals surface area contributed by atoms with Gasteiger partial charge in [-0.25, -0.2) is 40.3 Å². The Morgan fingerprint density at radius 1 is 1.16 bits per heavy atom. The maximum Gasteiger partial charge on any atom is 0.276 e. The van der Waals surface area contributed by atoms with Gasteiger partial charge in [-0.2, -0.15) is 0 Å². The van der Waals surface area contributed by atoms with Crippen LogP contribution in [0.15, 0.2) is 26.8 Å². The first-order valence-electron chi connectivity index (χ1n) is 14.4. The smallest absolute Gasteiger partial charge is 0.276 e. The molecule has 1 aliphatic heterocycles. The van der Waals surface area contributed by atoms with Crippen LogP contribution in [0, 0.1) is 5.92 Å². The molecule has 2 aromatic rings. The van der Waals surface area contributed by atoms with E-state index in [0.717, 1.165) is 25.5 Å². The second-order valence-electron chi connectivity index (χ2n) is 11.5. The van der Waals surface area contributed by atoms with Crippen molar-refractivity contribution in [1.82, 2.24) is 25.3 Å². The summed E-state index contributed by atoms with van der Waals surface area (Å²) in [4.78, 5) is 18.5. The van der Waals surface area contributed by atoms with E-state index in [0.29, 0.717) is 37.6 Å². The van der Waals surface area contributed by atoms with Crippen LogP contribution in [0.2, 0.25) is 0 Å². The summed E-state index contributed by atoms with van der Waals surface area (Å²) >= 11 is 0.601. The third-order valence-electron chi connectivity index (χ3n) is 7.82. The lowest BCUT2D eigenvalue weighted by molar-refractivity contribution is 0.0291. The summed E-state index contributed by atoms with van der Waals surface area (Å²) < 4.78 is 83.6. The summed E-state index contributed by atoms with van der Waals surface area (Å²) in [7, 11) is -4.44. The zero-order valence-corrected chi connectivity index (χ0v) is 26.3. The van der Waals surface area contributed by atoms with Crippen LogP contribution in [0.4, 0.5) is 29.1 Å². The molecule has 5 N–H and O–H groups in total. The lowest BCUT2D eigenvalue weighted by Gasteiger charge is -2.49. The highest BCUT2D eigenvalue weighted by Crippen LogP contribution is 2.38. The molecule has 45 heavy (non-hydrogen) atoms. The average Bonchev–Trinajstić information content (AvgIpc) is 3.41. The van der Waals surface area contributed by atoms with Crippen LogP contribution in [0.5, 0.6) is 0 Å². The van der Waals surface area contributed by atoms with Crippen molar-refractivity contribution in [2.24, 2.45) is 5.92 Å². The standard InChI is InChI=1S/C26H37F4N7O6S2/c1-26(2,40)17-8-9-37(17)15-10-20(31-11-16(15)45(41,42)32-12-18(27)28)33-23(38)21(14-6-4-3-5-7-14)34-24(39)22-25(36-43-35-22)44-13-19(29)30/h10-11,14,17-19,21,23,32,38,40H,3-9,12-13H2,1-2H3,(H,31,33)(H,34,39)/t17-,21-,23-/m0/s1. The summed E-state index contributed by atoms with van der Waals surface area (Å²) in [5, 5.41) is 34.5. The van der Waals surface area contributed by atoms with E-state index < -0.39 is 65.0 Å². The predicted octanol–water partition coefficient (Wildman–Crippen LogP) is 2.82. The first kappa shape index (κ1) is 35.1. The van der Waals surface area contributed by atoms with Gasteiger partial charge in [-0.1, -0.05) is 31.0 Å². The van der Waals surface area contributed by atoms with Crippen LogP contribution in [-0.2, 0) is 10.0 Å². The number of aromatic nitrogens is 3. The molecular weight excluding hydrogens is 646 g/mol. The highest BCUT2D eigenvalue weighted by atomic mass is 32.2. The Morgan fingerprint density at radius 2 is 1.87 bits per heavy atom. The Balaban J connectivity index is 1.61. The van der Waals surface area contributed by atoms with E-state index >= 15 is 0 Å². The number of alkyl halides is 4. The maximum absolute atomic E-state index is 13.2. The van der Waals surface area contributed by atoms with E-state index in [4.69, 9.17) is 0 Å². The first-order valence-corrected chi connectivity index (χ1v) is 16.9. The number of carbonyl (C=O) groups is 1. The molecule has 1 saturated carbocycles.